The van der Waals surface area contributed by atoms with Gasteiger partial charge in [-0.3, -0.25) is 4.79 Å². The van der Waals surface area contributed by atoms with Crippen LogP contribution < -0.4 is 10.6 Å². The number of esters is 1. The molecule has 0 fully saturated rings. The van der Waals surface area contributed by atoms with Crippen molar-refractivity contribution in [2.75, 3.05) is 29.2 Å². The zero-order valence-corrected chi connectivity index (χ0v) is 20.9. The molecule has 2 aromatic rings. The van der Waals surface area contributed by atoms with Crippen LogP contribution in [-0.2, 0) is 19.1 Å². The summed E-state index contributed by atoms with van der Waals surface area (Å²) < 4.78 is 25.1. The zero-order valence-electron chi connectivity index (χ0n) is 20.1. The number of nitrogens with zero attached hydrogens (tertiary/aromatic N) is 1. The fraction of sp³-hybridized carbons (Fsp3) is 0.346. The van der Waals surface area contributed by atoms with Gasteiger partial charge in [0, 0.05) is 17.3 Å². The van der Waals surface area contributed by atoms with Gasteiger partial charge >= 0.3 is 5.97 Å². The van der Waals surface area contributed by atoms with Crippen LogP contribution in [-0.4, -0.2) is 47.1 Å². The lowest BCUT2D eigenvalue weighted by Gasteiger charge is -2.24. The van der Waals surface area contributed by atoms with E-state index in [1.807, 2.05) is 38.3 Å². The molecule has 2 aliphatic heterocycles. The van der Waals surface area contributed by atoms with E-state index in [1.165, 1.54) is 12.1 Å². The van der Waals surface area contributed by atoms with Gasteiger partial charge in [0.15, 0.2) is 0 Å². The molecular weight excluding hydrogens is 469 g/mol. The number of hydrogen-bond acceptors (Lipinski definition) is 7. The molecule has 184 valence electrons. The van der Waals surface area contributed by atoms with Crippen LogP contribution in [0.2, 0.25) is 0 Å². The summed E-state index contributed by atoms with van der Waals surface area (Å²) in [6.07, 6.45) is 6.09. The molecule has 0 saturated carbocycles. The molecule has 0 spiro atoms. The van der Waals surface area contributed by atoms with Crippen LogP contribution in [0, 0.1) is 5.82 Å². The third-order valence-electron chi connectivity index (χ3n) is 5.84. The molecule has 0 aliphatic carbocycles. The maximum Gasteiger partial charge on any atom is 0.328 e. The number of carbonyl (C=O) groups excluding carboxylic acids is 2. The number of aromatic nitrogens is 1. The summed E-state index contributed by atoms with van der Waals surface area (Å²) in [5, 5.41) is 5.91. The lowest BCUT2D eigenvalue weighted by atomic mass is 9.92. The van der Waals surface area contributed by atoms with Crippen molar-refractivity contribution in [1.82, 2.24) is 4.98 Å². The molecule has 2 aliphatic rings. The van der Waals surface area contributed by atoms with Crippen molar-refractivity contribution in [3.8, 4) is 0 Å². The maximum atomic E-state index is 13.6. The molecular formula is C26H28FN3O4S. The first-order valence-corrected chi connectivity index (χ1v) is 12.8. The third-order valence-corrected chi connectivity index (χ3v) is 6.48. The van der Waals surface area contributed by atoms with Crippen LogP contribution >= 0.6 is 11.8 Å². The molecule has 0 radical (unpaired) electrons. The van der Waals surface area contributed by atoms with E-state index in [0.717, 1.165) is 16.9 Å². The molecule has 1 atom stereocenters. The summed E-state index contributed by atoms with van der Waals surface area (Å²) in [6.45, 7) is 5.92. The minimum atomic E-state index is -0.733. The average molecular weight is 498 g/mol. The van der Waals surface area contributed by atoms with E-state index in [2.05, 4.69) is 15.6 Å². The van der Waals surface area contributed by atoms with Crippen molar-refractivity contribution in [1.29, 1.82) is 0 Å². The van der Waals surface area contributed by atoms with E-state index in [9.17, 15) is 14.0 Å². The van der Waals surface area contributed by atoms with Gasteiger partial charge in [0.05, 0.1) is 17.9 Å². The summed E-state index contributed by atoms with van der Waals surface area (Å²) in [5.41, 5.74) is 2.35. The Bertz CT molecular complexity index is 1220. The number of halogens is 1. The highest BCUT2D eigenvalue weighted by Gasteiger charge is 2.38. The highest BCUT2D eigenvalue weighted by atomic mass is 32.2. The summed E-state index contributed by atoms with van der Waals surface area (Å²) in [5.74, 6) is 0.688. The number of carbonyl (C=O) groups is 2. The molecule has 0 bridgehead atoms. The number of nitrogens with one attached hydrogen (secondary N) is 2. The van der Waals surface area contributed by atoms with E-state index >= 15 is 0 Å². The smallest absolute Gasteiger partial charge is 0.328 e. The number of thioether (sulfide) groups is 1. The van der Waals surface area contributed by atoms with Crippen LogP contribution in [0.3, 0.4) is 0 Å². The van der Waals surface area contributed by atoms with Crippen LogP contribution in [0.1, 0.15) is 38.3 Å². The number of amides is 1. The van der Waals surface area contributed by atoms with Gasteiger partial charge in [0.25, 0.3) is 5.91 Å². The van der Waals surface area contributed by atoms with Gasteiger partial charge < -0.3 is 20.1 Å². The largest absolute Gasteiger partial charge is 0.482 e. The van der Waals surface area contributed by atoms with E-state index < -0.39 is 17.5 Å². The fourth-order valence-corrected chi connectivity index (χ4v) is 4.66. The summed E-state index contributed by atoms with van der Waals surface area (Å²) in [6, 6.07) is 7.39. The van der Waals surface area contributed by atoms with Gasteiger partial charge in [-0.25, -0.2) is 14.2 Å². The molecule has 1 aromatic heterocycles. The Morgan fingerprint density at radius 3 is 2.86 bits per heavy atom. The zero-order chi connectivity index (χ0) is 25.2. The van der Waals surface area contributed by atoms with E-state index in [-0.39, 0.29) is 11.9 Å². The van der Waals surface area contributed by atoms with E-state index in [4.69, 9.17) is 9.47 Å². The Hall–Kier alpha value is -3.33. The van der Waals surface area contributed by atoms with Gasteiger partial charge in [-0.2, -0.15) is 11.8 Å². The molecule has 7 nitrogen and oxygen atoms in total. The lowest BCUT2D eigenvalue weighted by molar-refractivity contribution is -0.144. The molecule has 9 heteroatoms. The van der Waals surface area contributed by atoms with Gasteiger partial charge in [0.1, 0.15) is 29.0 Å². The van der Waals surface area contributed by atoms with Crippen LogP contribution in [0.15, 0.2) is 48.4 Å². The number of ether oxygens (including phenoxy) is 2. The molecule has 35 heavy (non-hydrogen) atoms. The SMILES string of the molecule is CCOC(=O)[C@H](CCSC)Nc1cc(C2=C/C(=C3\C(=O)Nc4cc(F)ccc43)OC2(C)C)ccn1. The first-order chi connectivity index (χ1) is 16.7. The van der Waals surface area contributed by atoms with Gasteiger partial charge in [0.2, 0.25) is 0 Å². The number of allylic oxidation sites excluding steroid dienone is 1. The number of benzene rings is 1. The minimum absolute atomic E-state index is 0.308. The quantitative estimate of drug-likeness (QED) is 0.397. The Kier molecular flexibility index (Phi) is 7.16. The van der Waals surface area contributed by atoms with Gasteiger partial charge in [-0.05, 0) is 81.2 Å². The van der Waals surface area contributed by atoms with Crippen molar-refractivity contribution in [3.63, 3.8) is 0 Å². The Balaban J connectivity index is 1.67. The minimum Gasteiger partial charge on any atom is -0.482 e. The van der Waals surface area contributed by atoms with Crippen molar-refractivity contribution in [2.45, 2.75) is 38.8 Å². The molecule has 3 heterocycles. The maximum absolute atomic E-state index is 13.6. The lowest BCUT2D eigenvalue weighted by Crippen LogP contribution is -2.32. The predicted molar refractivity (Wildman–Crippen MR) is 136 cm³/mol. The second-order valence-electron chi connectivity index (χ2n) is 8.71. The Morgan fingerprint density at radius 2 is 2.11 bits per heavy atom. The molecule has 0 unspecified atom stereocenters. The van der Waals surface area contributed by atoms with Crippen molar-refractivity contribution in [3.05, 3.63) is 65.3 Å². The van der Waals surface area contributed by atoms with Crippen LogP contribution in [0.4, 0.5) is 15.9 Å². The molecule has 1 aromatic carbocycles. The molecule has 0 saturated heterocycles. The summed E-state index contributed by atoms with van der Waals surface area (Å²) in [7, 11) is 0. The normalized spacial score (nSPS) is 18.9. The van der Waals surface area contributed by atoms with Crippen LogP contribution in [0.25, 0.3) is 11.1 Å². The van der Waals surface area contributed by atoms with E-state index in [0.29, 0.717) is 41.4 Å². The fourth-order valence-electron chi connectivity index (χ4n) is 4.19. The Morgan fingerprint density at radius 1 is 1.31 bits per heavy atom. The van der Waals surface area contributed by atoms with E-state index in [1.54, 1.807) is 30.9 Å². The first-order valence-electron chi connectivity index (χ1n) is 11.4. The van der Waals surface area contributed by atoms with Crippen molar-refractivity contribution >= 4 is 46.3 Å². The average Bonchev–Trinajstić information content (AvgIpc) is 3.30. The van der Waals surface area contributed by atoms with Crippen molar-refractivity contribution < 1.29 is 23.5 Å². The van der Waals surface area contributed by atoms with Crippen molar-refractivity contribution in [2.24, 2.45) is 0 Å². The third kappa shape index (κ3) is 5.19. The monoisotopic (exact) mass is 497 g/mol. The molecule has 4 rings (SSSR count). The highest BCUT2D eigenvalue weighted by molar-refractivity contribution is 7.98. The number of rotatable bonds is 8. The number of anilines is 2. The topological polar surface area (TPSA) is 89.5 Å². The summed E-state index contributed by atoms with van der Waals surface area (Å²) >= 11 is 1.66. The second-order valence-corrected chi connectivity index (χ2v) is 9.70. The van der Waals surface area contributed by atoms with Gasteiger partial charge in [-0.1, -0.05) is 0 Å². The molecule has 2 N–H and O–H groups in total. The van der Waals surface area contributed by atoms with Gasteiger partial charge in [-0.15, -0.1) is 0 Å². The second kappa shape index (κ2) is 10.1. The standard InChI is InChI=1S/C26H28FN3O4S/c1-5-33-25(32)19(9-11-35-4)29-22-12-15(8-10-28-22)18-14-21(34-26(18,2)3)23-17-7-6-16(27)13-20(17)30-24(23)31/h6-8,10,12-14,19H,5,9,11H2,1-4H3,(H,28,29)(H,30,31)/b23-21+/t19-/m0/s1. The number of pyridine rings is 1. The number of hydrogen-bond donors (Lipinski definition) is 2. The highest BCUT2D eigenvalue weighted by Crippen LogP contribution is 2.44. The Labute approximate surface area is 208 Å². The van der Waals surface area contributed by atoms with Crippen LogP contribution in [0.5, 0.6) is 0 Å². The first kappa shape index (κ1) is 24.8. The summed E-state index contributed by atoms with van der Waals surface area (Å²) in [4.78, 5) is 29.5. The number of fused-ring (bicyclic) bond motifs is 1. The predicted octanol–water partition coefficient (Wildman–Crippen LogP) is 4.87. The molecule has 1 amide bonds.